The van der Waals surface area contributed by atoms with Gasteiger partial charge in [-0.25, -0.2) is 4.99 Å². The second kappa shape index (κ2) is 10.7. The lowest BCUT2D eigenvalue weighted by atomic mass is 10.1. The molecule has 2 aromatic rings. The van der Waals surface area contributed by atoms with Crippen molar-refractivity contribution in [3.05, 3.63) is 57.8 Å². The number of halogens is 2. The number of allylic oxidation sites excluding steroid dienone is 1. The first-order chi connectivity index (χ1) is 14.9. The highest BCUT2D eigenvalue weighted by Crippen LogP contribution is 2.38. The second-order valence-corrected chi connectivity index (χ2v) is 8.15. The van der Waals surface area contributed by atoms with Gasteiger partial charge in [0.2, 0.25) is 5.75 Å². The van der Waals surface area contributed by atoms with E-state index in [0.717, 1.165) is 22.1 Å². The van der Waals surface area contributed by atoms with E-state index < -0.39 is 0 Å². The van der Waals surface area contributed by atoms with Crippen LogP contribution in [0.25, 0.3) is 0 Å². The van der Waals surface area contributed by atoms with Crippen LogP contribution in [-0.2, 0) is 6.54 Å². The minimum absolute atomic E-state index is 0.488. The molecule has 164 valence electrons. The van der Waals surface area contributed by atoms with Gasteiger partial charge in [-0.3, -0.25) is 0 Å². The summed E-state index contributed by atoms with van der Waals surface area (Å²) in [5.41, 5.74) is 2.69. The molecule has 1 aliphatic heterocycles. The van der Waals surface area contributed by atoms with E-state index in [4.69, 9.17) is 37.4 Å². The van der Waals surface area contributed by atoms with Gasteiger partial charge in [-0.15, -0.1) is 0 Å². The number of anilines is 1. The van der Waals surface area contributed by atoms with E-state index in [1.807, 2.05) is 25.1 Å². The number of nitrogens with one attached hydrogen (secondary N) is 2. The molecule has 0 fully saturated rings. The first-order valence-electron chi connectivity index (χ1n) is 9.19. The second-order valence-electron chi connectivity index (χ2n) is 6.38. The van der Waals surface area contributed by atoms with Crippen LogP contribution in [0.5, 0.6) is 17.2 Å². The maximum Gasteiger partial charge on any atom is 0.203 e. The molecule has 7 nitrogen and oxygen atoms in total. The highest BCUT2D eigenvalue weighted by Gasteiger charge is 2.17. The molecular weight excluding hydrogens is 459 g/mol. The van der Waals surface area contributed by atoms with Crippen molar-refractivity contribution in [2.24, 2.45) is 9.98 Å². The quantitative estimate of drug-likeness (QED) is 0.516. The molecule has 0 bridgehead atoms. The molecule has 10 heteroatoms. The Morgan fingerprint density at radius 1 is 1.06 bits per heavy atom. The van der Waals surface area contributed by atoms with Gasteiger partial charge < -0.3 is 24.8 Å². The molecule has 0 radical (unpaired) electrons. The number of hydrogen-bond donors (Lipinski definition) is 2. The first kappa shape index (κ1) is 23.1. The third-order valence-corrected chi connectivity index (χ3v) is 5.73. The molecule has 31 heavy (non-hydrogen) atoms. The number of hydrogen-bond acceptors (Lipinski definition) is 7. The number of rotatable bonds is 8. The van der Waals surface area contributed by atoms with Crippen molar-refractivity contribution >= 4 is 51.0 Å². The van der Waals surface area contributed by atoms with E-state index in [-0.39, 0.29) is 0 Å². The smallest absolute Gasteiger partial charge is 0.203 e. The van der Waals surface area contributed by atoms with E-state index in [1.54, 1.807) is 39.7 Å². The largest absolute Gasteiger partial charge is 0.493 e. The summed E-state index contributed by atoms with van der Waals surface area (Å²) in [5, 5.41) is 8.87. The third-order valence-electron chi connectivity index (χ3n) is 4.22. The molecule has 0 aliphatic carbocycles. The zero-order chi connectivity index (χ0) is 22.4. The molecule has 0 saturated heterocycles. The number of methoxy groups -OCH3 is 3. The Labute approximate surface area is 195 Å². The molecule has 0 amide bonds. The molecule has 2 aromatic carbocycles. The van der Waals surface area contributed by atoms with Gasteiger partial charge in [0, 0.05) is 24.1 Å². The van der Waals surface area contributed by atoms with E-state index in [9.17, 15) is 0 Å². The van der Waals surface area contributed by atoms with Crippen LogP contribution in [0.4, 0.5) is 5.69 Å². The molecule has 1 heterocycles. The van der Waals surface area contributed by atoms with Crippen molar-refractivity contribution in [2.45, 2.75) is 13.5 Å². The van der Waals surface area contributed by atoms with Crippen molar-refractivity contribution in [2.75, 3.05) is 26.6 Å². The topological polar surface area (TPSA) is 76.5 Å². The van der Waals surface area contributed by atoms with Crippen LogP contribution in [0.3, 0.4) is 0 Å². The van der Waals surface area contributed by atoms with Crippen LogP contribution in [0.2, 0.25) is 10.0 Å². The van der Waals surface area contributed by atoms with Crippen LogP contribution in [0.1, 0.15) is 12.5 Å². The number of ether oxygens (including phenoxy) is 3. The summed E-state index contributed by atoms with van der Waals surface area (Å²) in [7, 11) is 4.77. The number of thioether (sulfide) groups is 1. The normalized spacial score (nSPS) is 14.6. The fourth-order valence-corrected chi connectivity index (χ4v) is 3.54. The summed E-state index contributed by atoms with van der Waals surface area (Å²) in [6.07, 6.45) is 1.74. The van der Waals surface area contributed by atoms with E-state index in [2.05, 4.69) is 20.6 Å². The maximum atomic E-state index is 6.02. The Hall–Kier alpha value is -2.55. The minimum atomic E-state index is 0.488. The van der Waals surface area contributed by atoms with Gasteiger partial charge in [0.05, 0.1) is 31.4 Å². The fourth-order valence-electron chi connectivity index (χ4n) is 2.66. The van der Waals surface area contributed by atoms with Crippen LogP contribution < -0.4 is 24.8 Å². The van der Waals surface area contributed by atoms with Crippen molar-refractivity contribution < 1.29 is 14.2 Å². The highest BCUT2D eigenvalue weighted by molar-refractivity contribution is 8.29. The molecule has 3 rings (SSSR count). The molecule has 0 aromatic heterocycles. The monoisotopic (exact) mass is 480 g/mol. The molecule has 0 atom stereocenters. The van der Waals surface area contributed by atoms with E-state index >= 15 is 0 Å². The zero-order valence-corrected chi connectivity index (χ0v) is 19.8. The molecular formula is C21H22Cl2N4O3S. The summed E-state index contributed by atoms with van der Waals surface area (Å²) in [6, 6.07) is 9.13. The van der Waals surface area contributed by atoms with Crippen molar-refractivity contribution in [3.63, 3.8) is 0 Å². The van der Waals surface area contributed by atoms with Gasteiger partial charge in [0.15, 0.2) is 21.8 Å². The Bertz CT molecular complexity index is 1030. The standard InChI is InChI=1S/C21H22Cl2N4O3S/c1-12(24-11-13-7-17(28-2)19(30-4)18(8-13)29-3)10-25-20-27-21(31-20)26-14-5-6-15(22)16(23)9-14/h5-10,24H,11H2,1-4H3,(H,25,26,27)/b12-10-. The lowest BCUT2D eigenvalue weighted by molar-refractivity contribution is 0.323. The summed E-state index contributed by atoms with van der Waals surface area (Å²) in [4.78, 5) is 8.72. The Morgan fingerprint density at radius 3 is 2.32 bits per heavy atom. The van der Waals surface area contributed by atoms with Gasteiger partial charge >= 0.3 is 0 Å². The molecule has 0 unspecified atom stereocenters. The molecule has 1 aliphatic rings. The zero-order valence-electron chi connectivity index (χ0n) is 17.5. The van der Waals surface area contributed by atoms with Crippen molar-refractivity contribution in [1.29, 1.82) is 0 Å². The van der Waals surface area contributed by atoms with Gasteiger partial charge in [-0.05, 0) is 54.6 Å². The van der Waals surface area contributed by atoms with Gasteiger partial charge in [-0.1, -0.05) is 23.2 Å². The maximum absolute atomic E-state index is 6.02. The Balaban J connectivity index is 1.57. The number of aliphatic imine (C=N–C) groups is 2. The summed E-state index contributed by atoms with van der Waals surface area (Å²) in [6.45, 7) is 2.51. The van der Waals surface area contributed by atoms with Crippen LogP contribution in [-0.4, -0.2) is 31.7 Å². The third kappa shape index (κ3) is 6.00. The average molecular weight is 481 g/mol. The SMILES string of the molecule is COc1cc(CN/C(C)=C\N=C2N=C(Nc3ccc(Cl)c(Cl)c3)S2)cc(OC)c1OC. The molecule has 0 saturated carbocycles. The average Bonchev–Trinajstić information content (AvgIpc) is 2.75. The molecule has 0 spiro atoms. The van der Waals surface area contributed by atoms with Gasteiger partial charge in [0.25, 0.3) is 0 Å². The van der Waals surface area contributed by atoms with Gasteiger partial charge in [0.1, 0.15) is 0 Å². The summed E-state index contributed by atoms with van der Waals surface area (Å²) in [5.74, 6) is 1.79. The van der Waals surface area contributed by atoms with Crippen LogP contribution in [0, 0.1) is 0 Å². The lowest BCUT2D eigenvalue weighted by Gasteiger charge is -2.16. The summed E-state index contributed by atoms with van der Waals surface area (Å²) >= 11 is 13.4. The fraction of sp³-hybridized carbons (Fsp3) is 0.238. The van der Waals surface area contributed by atoms with E-state index in [1.165, 1.54) is 11.8 Å². The Kier molecular flexibility index (Phi) is 7.95. The molecule has 2 N–H and O–H groups in total. The first-order valence-corrected chi connectivity index (χ1v) is 10.8. The van der Waals surface area contributed by atoms with Crippen molar-refractivity contribution in [3.8, 4) is 17.2 Å². The number of benzene rings is 2. The van der Waals surface area contributed by atoms with Crippen LogP contribution in [0.15, 0.2) is 52.2 Å². The predicted molar refractivity (Wildman–Crippen MR) is 129 cm³/mol. The van der Waals surface area contributed by atoms with E-state index in [0.29, 0.717) is 39.0 Å². The lowest BCUT2D eigenvalue weighted by Crippen LogP contribution is -2.19. The number of nitrogens with zero attached hydrogens (tertiary/aromatic N) is 2. The summed E-state index contributed by atoms with van der Waals surface area (Å²) < 4.78 is 16.1. The minimum Gasteiger partial charge on any atom is -0.493 e. The number of amidine groups is 2. The van der Waals surface area contributed by atoms with Gasteiger partial charge in [-0.2, -0.15) is 4.99 Å². The predicted octanol–water partition coefficient (Wildman–Crippen LogP) is 5.54. The van der Waals surface area contributed by atoms with Crippen molar-refractivity contribution in [1.82, 2.24) is 5.32 Å². The Morgan fingerprint density at radius 2 is 1.74 bits per heavy atom. The van der Waals surface area contributed by atoms with Crippen LogP contribution >= 0.6 is 35.0 Å². The highest BCUT2D eigenvalue weighted by atomic mass is 35.5.